The van der Waals surface area contributed by atoms with Gasteiger partial charge in [0, 0.05) is 6.07 Å². The van der Waals surface area contributed by atoms with Crippen molar-refractivity contribution in [2.75, 3.05) is 21.3 Å². The van der Waals surface area contributed by atoms with Crippen LogP contribution in [0.3, 0.4) is 0 Å². The minimum atomic E-state index is 0.534. The van der Waals surface area contributed by atoms with Crippen molar-refractivity contribution in [2.45, 2.75) is 61.8 Å². The Hall–Kier alpha value is -3.87. The van der Waals surface area contributed by atoms with Crippen LogP contribution in [0.4, 0.5) is 0 Å². The van der Waals surface area contributed by atoms with Gasteiger partial charge in [-0.25, -0.2) is 4.98 Å². The highest BCUT2D eigenvalue weighted by Gasteiger charge is 2.19. The van der Waals surface area contributed by atoms with E-state index in [1.165, 1.54) is 5.56 Å². The van der Waals surface area contributed by atoms with Crippen molar-refractivity contribution in [3.63, 3.8) is 0 Å². The van der Waals surface area contributed by atoms with Crippen LogP contribution in [0.5, 0.6) is 17.4 Å². The number of hydrogen-bond donors (Lipinski definition) is 0. The van der Waals surface area contributed by atoms with Crippen molar-refractivity contribution in [3.05, 3.63) is 77.6 Å². The van der Waals surface area contributed by atoms with Crippen LogP contribution in [0.15, 0.2) is 60.7 Å². The quantitative estimate of drug-likeness (QED) is 0.240. The molecule has 0 aliphatic heterocycles. The molecule has 0 amide bonds. The summed E-state index contributed by atoms with van der Waals surface area (Å²) in [7, 11) is 4.97. The second-order valence-corrected chi connectivity index (χ2v) is 8.51. The molecule has 0 fully saturated rings. The molecule has 0 radical (unpaired) electrons. The molecule has 0 N–H and O–H groups in total. The van der Waals surface area contributed by atoms with Gasteiger partial charge in [0.2, 0.25) is 5.88 Å². The molecule has 4 aromatic rings. The van der Waals surface area contributed by atoms with Crippen LogP contribution < -0.4 is 14.2 Å². The fourth-order valence-corrected chi connectivity index (χ4v) is 3.84. The molecule has 2 aromatic heterocycles. The average molecular weight is 535 g/mol. The van der Waals surface area contributed by atoms with Crippen LogP contribution in [-0.2, 0) is 6.42 Å². The van der Waals surface area contributed by atoms with Crippen LogP contribution in [0.25, 0.3) is 17.2 Å². The molecule has 2 aromatic carbocycles. The van der Waals surface area contributed by atoms with Gasteiger partial charge in [-0.3, -0.25) is 4.57 Å². The van der Waals surface area contributed by atoms with Crippen LogP contribution in [-0.4, -0.2) is 41.1 Å². The van der Waals surface area contributed by atoms with Crippen molar-refractivity contribution >= 4 is 0 Å². The summed E-state index contributed by atoms with van der Waals surface area (Å²) in [6.45, 7) is 16.4. The van der Waals surface area contributed by atoms with Gasteiger partial charge < -0.3 is 14.2 Å². The zero-order valence-electron chi connectivity index (χ0n) is 25.6. The Labute approximate surface area is 235 Å². The highest BCUT2D eigenvalue weighted by molar-refractivity contribution is 5.61. The molecule has 0 aliphatic carbocycles. The van der Waals surface area contributed by atoms with E-state index in [9.17, 15) is 0 Å². The number of benzene rings is 2. The summed E-state index contributed by atoms with van der Waals surface area (Å²) in [5, 5.41) is 8.51. The molecule has 0 saturated carbocycles. The Balaban J connectivity index is 0.000000402. The van der Waals surface area contributed by atoms with Crippen LogP contribution >= 0.6 is 0 Å². The number of aryl methyl sites for hydroxylation is 2. The number of ether oxygens (including phenoxy) is 3. The number of methoxy groups -OCH3 is 3. The Morgan fingerprint density at radius 1 is 0.718 bits per heavy atom. The summed E-state index contributed by atoms with van der Waals surface area (Å²) in [4.78, 5) is 4.46. The first-order valence-electron chi connectivity index (χ1n) is 13.6. The van der Waals surface area contributed by atoms with E-state index in [4.69, 9.17) is 14.2 Å². The maximum absolute atomic E-state index is 5.52. The van der Waals surface area contributed by atoms with Gasteiger partial charge >= 0.3 is 0 Å². The third-order valence-electron chi connectivity index (χ3n) is 5.45. The first kappa shape index (κ1) is 33.2. The van der Waals surface area contributed by atoms with Crippen molar-refractivity contribution in [1.29, 1.82) is 0 Å². The van der Waals surface area contributed by atoms with Gasteiger partial charge in [0.1, 0.15) is 23.0 Å². The number of para-hydroxylation sites is 2. The summed E-state index contributed by atoms with van der Waals surface area (Å²) in [6.07, 6.45) is 1.09. The predicted octanol–water partition coefficient (Wildman–Crippen LogP) is 7.91. The number of rotatable bonds is 7. The molecule has 2 heterocycles. The van der Waals surface area contributed by atoms with E-state index in [1.54, 1.807) is 27.4 Å². The van der Waals surface area contributed by atoms with Gasteiger partial charge in [-0.05, 0) is 55.5 Å². The summed E-state index contributed by atoms with van der Waals surface area (Å²) >= 11 is 0. The topological polar surface area (TPSA) is 71.3 Å². The standard InChI is InChI=1S/C17H18N4O2.C11H16O.2C2H6/c1-11-7-5-9-14(22-3)16(11)21-12(2)19-20-17(21)13-8-6-10-15(18-13)23-4;1-9(2)8-10-6-4-5-7-11(10)12-3;2*1-2/h5-10H,1-4H3;4-7,9H,8H2,1-3H3;2*1-2H3. The molecule has 0 spiro atoms. The molecule has 7 heteroatoms. The third kappa shape index (κ3) is 9.13. The zero-order valence-corrected chi connectivity index (χ0v) is 25.6. The Morgan fingerprint density at radius 3 is 1.95 bits per heavy atom. The van der Waals surface area contributed by atoms with Gasteiger partial charge in [-0.15, -0.1) is 10.2 Å². The average Bonchev–Trinajstić information content (AvgIpc) is 3.36. The van der Waals surface area contributed by atoms with E-state index in [0.29, 0.717) is 23.3 Å². The van der Waals surface area contributed by atoms with Gasteiger partial charge in [0.15, 0.2) is 5.82 Å². The van der Waals surface area contributed by atoms with Crippen LogP contribution in [0, 0.1) is 19.8 Å². The first-order valence-corrected chi connectivity index (χ1v) is 13.6. The predicted molar refractivity (Wildman–Crippen MR) is 161 cm³/mol. The fourth-order valence-electron chi connectivity index (χ4n) is 3.84. The number of pyridine rings is 1. The highest BCUT2D eigenvalue weighted by Crippen LogP contribution is 2.31. The maximum Gasteiger partial charge on any atom is 0.213 e. The smallest absolute Gasteiger partial charge is 0.213 e. The van der Waals surface area contributed by atoms with E-state index in [-0.39, 0.29) is 0 Å². The lowest BCUT2D eigenvalue weighted by atomic mass is 10.0. The lowest BCUT2D eigenvalue weighted by molar-refractivity contribution is 0.398. The van der Waals surface area contributed by atoms with Gasteiger partial charge in [-0.1, -0.05) is 77.9 Å². The number of aromatic nitrogens is 4. The monoisotopic (exact) mass is 534 g/mol. The summed E-state index contributed by atoms with van der Waals surface area (Å²) in [5.41, 5.74) is 3.97. The summed E-state index contributed by atoms with van der Waals surface area (Å²) in [6, 6.07) is 19.7. The van der Waals surface area contributed by atoms with E-state index < -0.39 is 0 Å². The fraction of sp³-hybridized carbons (Fsp3) is 0.406. The minimum absolute atomic E-state index is 0.534. The molecule has 0 unspecified atom stereocenters. The molecule has 212 valence electrons. The maximum atomic E-state index is 5.52. The summed E-state index contributed by atoms with van der Waals surface area (Å²) in [5.74, 6) is 4.39. The second-order valence-electron chi connectivity index (χ2n) is 8.51. The molecule has 0 aliphatic rings. The number of hydrogen-bond acceptors (Lipinski definition) is 6. The Morgan fingerprint density at radius 2 is 1.33 bits per heavy atom. The number of nitrogens with zero attached hydrogens (tertiary/aromatic N) is 4. The lowest BCUT2D eigenvalue weighted by Gasteiger charge is -2.15. The van der Waals surface area contributed by atoms with E-state index in [1.807, 2.05) is 88.6 Å². The van der Waals surface area contributed by atoms with Crippen LogP contribution in [0.1, 0.15) is 58.5 Å². The van der Waals surface area contributed by atoms with E-state index in [2.05, 4.69) is 41.2 Å². The van der Waals surface area contributed by atoms with E-state index in [0.717, 1.165) is 35.0 Å². The lowest BCUT2D eigenvalue weighted by Crippen LogP contribution is -2.05. The van der Waals surface area contributed by atoms with E-state index >= 15 is 0 Å². The van der Waals surface area contributed by atoms with Gasteiger partial charge in [0.05, 0.1) is 27.0 Å². The summed E-state index contributed by atoms with van der Waals surface area (Å²) < 4.78 is 17.9. The zero-order chi connectivity index (χ0) is 29.4. The van der Waals surface area contributed by atoms with Crippen molar-refractivity contribution in [3.8, 4) is 34.6 Å². The van der Waals surface area contributed by atoms with Gasteiger partial charge in [0.25, 0.3) is 0 Å². The molecule has 0 bridgehead atoms. The van der Waals surface area contributed by atoms with Gasteiger partial charge in [-0.2, -0.15) is 0 Å². The van der Waals surface area contributed by atoms with Crippen molar-refractivity contribution < 1.29 is 14.2 Å². The normalized spacial score (nSPS) is 9.74. The molecule has 0 saturated heterocycles. The largest absolute Gasteiger partial charge is 0.496 e. The Kier molecular flexibility index (Phi) is 15.0. The minimum Gasteiger partial charge on any atom is -0.496 e. The third-order valence-corrected chi connectivity index (χ3v) is 5.45. The molecule has 0 atom stereocenters. The first-order chi connectivity index (χ1) is 18.9. The second kappa shape index (κ2) is 17.6. The van der Waals surface area contributed by atoms with Crippen molar-refractivity contribution in [2.24, 2.45) is 5.92 Å². The van der Waals surface area contributed by atoms with Crippen LogP contribution in [0.2, 0.25) is 0 Å². The molecule has 7 nitrogen and oxygen atoms in total. The molecule has 39 heavy (non-hydrogen) atoms. The molecule has 4 rings (SSSR count). The molecular formula is C32H46N4O3. The highest BCUT2D eigenvalue weighted by atomic mass is 16.5. The Bertz CT molecular complexity index is 1250. The SMILES string of the molecule is CC.CC.COc1cccc(-c2nnc(C)n2-c2c(C)cccc2OC)n1.COc1ccccc1CC(C)C. The molecular weight excluding hydrogens is 488 g/mol. The van der Waals surface area contributed by atoms with Crippen molar-refractivity contribution in [1.82, 2.24) is 19.7 Å².